The summed E-state index contributed by atoms with van der Waals surface area (Å²) in [6.45, 7) is 0. The van der Waals surface area contributed by atoms with Gasteiger partial charge in [-0.15, -0.1) is 11.6 Å². The number of rotatable bonds is 3. The van der Waals surface area contributed by atoms with Crippen LogP contribution < -0.4 is 0 Å². The lowest BCUT2D eigenvalue weighted by Gasteiger charge is -2.13. The summed E-state index contributed by atoms with van der Waals surface area (Å²) in [4.78, 5) is -0.750. The van der Waals surface area contributed by atoms with Gasteiger partial charge < -0.3 is 0 Å². The van der Waals surface area contributed by atoms with Crippen molar-refractivity contribution >= 4 is 37.4 Å². The van der Waals surface area contributed by atoms with Crippen LogP contribution in [0.5, 0.6) is 0 Å². The molecule has 8 heteroatoms. The van der Waals surface area contributed by atoms with Crippen molar-refractivity contribution in [3.63, 3.8) is 0 Å². The van der Waals surface area contributed by atoms with Crippen molar-refractivity contribution < 1.29 is 21.6 Å². The van der Waals surface area contributed by atoms with E-state index in [-0.39, 0.29) is 10.4 Å². The highest BCUT2D eigenvalue weighted by Gasteiger charge is 2.36. The topological polar surface area (TPSA) is 34.1 Å². The lowest BCUT2D eigenvalue weighted by molar-refractivity contribution is -0.139. The third-order valence-electron chi connectivity index (χ3n) is 1.93. The van der Waals surface area contributed by atoms with Gasteiger partial charge in [0, 0.05) is 10.4 Å². The first kappa shape index (κ1) is 14.8. The first-order chi connectivity index (χ1) is 7.68. The van der Waals surface area contributed by atoms with Crippen molar-refractivity contribution in [3.05, 3.63) is 28.2 Å². The van der Waals surface area contributed by atoms with E-state index in [9.17, 15) is 21.6 Å². The predicted molar refractivity (Wildman–Crippen MR) is 61.9 cm³/mol. The number of halogens is 5. The molecule has 2 nitrogen and oxygen atoms in total. The Morgan fingerprint density at radius 2 is 1.88 bits per heavy atom. The van der Waals surface area contributed by atoms with E-state index in [4.69, 9.17) is 11.6 Å². The molecule has 17 heavy (non-hydrogen) atoms. The average molecular weight is 352 g/mol. The largest absolute Gasteiger partial charge is 0.417 e. The SMILES string of the molecule is O=S(=O)(CCCl)c1cc(Br)ccc1C(F)(F)F. The first-order valence-corrected chi connectivity index (χ1v) is 7.32. The fourth-order valence-electron chi connectivity index (χ4n) is 1.20. The van der Waals surface area contributed by atoms with Gasteiger partial charge in [-0.3, -0.25) is 0 Å². The summed E-state index contributed by atoms with van der Waals surface area (Å²) >= 11 is 8.21. The lowest BCUT2D eigenvalue weighted by Crippen LogP contribution is -2.16. The van der Waals surface area contributed by atoms with Crippen LogP contribution in [-0.4, -0.2) is 20.1 Å². The van der Waals surface area contributed by atoms with Crippen molar-refractivity contribution in [2.24, 2.45) is 0 Å². The number of hydrogen-bond donors (Lipinski definition) is 0. The standard InChI is InChI=1S/C9H7BrClF3O2S/c10-6-1-2-7(9(12,13)14)8(5-6)17(15,16)4-3-11/h1-2,5H,3-4H2. The van der Waals surface area contributed by atoms with Crippen LogP contribution >= 0.6 is 27.5 Å². The molecule has 1 aromatic rings. The van der Waals surface area contributed by atoms with E-state index in [1.54, 1.807) is 0 Å². The molecule has 96 valence electrons. The molecule has 0 radical (unpaired) electrons. The van der Waals surface area contributed by atoms with Gasteiger partial charge in [0.15, 0.2) is 9.84 Å². The minimum atomic E-state index is -4.71. The maximum absolute atomic E-state index is 12.6. The molecule has 0 N–H and O–H groups in total. The third-order valence-corrected chi connectivity index (χ3v) is 4.59. The van der Waals surface area contributed by atoms with Gasteiger partial charge in [-0.05, 0) is 18.2 Å². The Kier molecular flexibility index (Phi) is 4.49. The fraction of sp³-hybridized carbons (Fsp3) is 0.333. The van der Waals surface area contributed by atoms with E-state index in [2.05, 4.69) is 15.9 Å². The molecule has 0 amide bonds. The van der Waals surface area contributed by atoms with Gasteiger partial charge in [0.25, 0.3) is 0 Å². The Hall–Kier alpha value is -0.270. The van der Waals surface area contributed by atoms with E-state index in [0.29, 0.717) is 0 Å². The number of benzene rings is 1. The van der Waals surface area contributed by atoms with Gasteiger partial charge in [-0.1, -0.05) is 15.9 Å². The molecule has 0 atom stereocenters. The summed E-state index contributed by atoms with van der Waals surface area (Å²) in [6, 6.07) is 2.80. The van der Waals surface area contributed by atoms with Gasteiger partial charge in [-0.25, -0.2) is 8.42 Å². The van der Waals surface area contributed by atoms with Gasteiger partial charge in [0.1, 0.15) is 0 Å². The maximum atomic E-state index is 12.6. The second-order valence-electron chi connectivity index (χ2n) is 3.15. The van der Waals surface area contributed by atoms with E-state index in [1.807, 2.05) is 0 Å². The molecule has 0 fully saturated rings. The number of hydrogen-bond acceptors (Lipinski definition) is 2. The van der Waals surface area contributed by atoms with Gasteiger partial charge in [-0.2, -0.15) is 13.2 Å². The average Bonchev–Trinajstić information content (AvgIpc) is 2.15. The zero-order valence-corrected chi connectivity index (χ0v) is 11.4. The monoisotopic (exact) mass is 350 g/mol. The Balaban J connectivity index is 3.46. The van der Waals surface area contributed by atoms with E-state index >= 15 is 0 Å². The normalized spacial score (nSPS) is 12.8. The van der Waals surface area contributed by atoms with Gasteiger partial charge >= 0.3 is 6.18 Å². The second-order valence-corrected chi connectivity index (χ2v) is 6.52. The summed E-state index contributed by atoms with van der Waals surface area (Å²) in [5, 5.41) is 0. The molecule has 0 saturated carbocycles. The molecule has 0 aliphatic rings. The molecule has 0 bridgehead atoms. The van der Waals surface area contributed by atoms with Crippen LogP contribution in [0.3, 0.4) is 0 Å². The summed E-state index contributed by atoms with van der Waals surface area (Å²) in [7, 11) is -4.03. The molecule has 0 aromatic heterocycles. The Morgan fingerprint density at radius 3 is 2.35 bits per heavy atom. The summed E-state index contributed by atoms with van der Waals surface area (Å²) in [5.41, 5.74) is -1.18. The minimum Gasteiger partial charge on any atom is -0.224 e. The molecular weight excluding hydrogens is 345 g/mol. The molecule has 1 aromatic carbocycles. The molecule has 0 unspecified atom stereocenters. The third kappa shape index (κ3) is 3.59. The zero-order chi connectivity index (χ0) is 13.3. The highest BCUT2D eigenvalue weighted by molar-refractivity contribution is 9.10. The first-order valence-electron chi connectivity index (χ1n) is 4.34. The summed E-state index contributed by atoms with van der Waals surface area (Å²) in [6.07, 6.45) is -4.71. The molecule has 0 aliphatic carbocycles. The molecule has 0 saturated heterocycles. The molecule has 0 heterocycles. The van der Waals surface area contributed by atoms with Crippen molar-refractivity contribution in [1.82, 2.24) is 0 Å². The van der Waals surface area contributed by atoms with Crippen LogP contribution in [0.15, 0.2) is 27.6 Å². The minimum absolute atomic E-state index is 0.258. The molecule has 0 spiro atoms. The van der Waals surface area contributed by atoms with Crippen molar-refractivity contribution in [2.45, 2.75) is 11.1 Å². The van der Waals surface area contributed by atoms with Crippen LogP contribution in [0.2, 0.25) is 0 Å². The Bertz CT molecular complexity index is 513. The lowest BCUT2D eigenvalue weighted by atomic mass is 10.2. The highest BCUT2D eigenvalue weighted by Crippen LogP contribution is 2.35. The quantitative estimate of drug-likeness (QED) is 0.781. The Morgan fingerprint density at radius 1 is 1.29 bits per heavy atom. The van der Waals surface area contributed by atoms with Gasteiger partial charge in [0.05, 0.1) is 16.2 Å². The summed E-state index contributed by atoms with van der Waals surface area (Å²) < 4.78 is 61.5. The van der Waals surface area contributed by atoms with E-state index in [0.717, 1.165) is 18.2 Å². The van der Waals surface area contributed by atoms with Crippen LogP contribution in [0.25, 0.3) is 0 Å². The fourth-order valence-corrected chi connectivity index (χ4v) is 3.57. The van der Waals surface area contributed by atoms with Crippen LogP contribution in [0.4, 0.5) is 13.2 Å². The maximum Gasteiger partial charge on any atom is 0.417 e. The summed E-state index contributed by atoms with van der Waals surface area (Å²) in [5.74, 6) is -0.791. The molecular formula is C9H7BrClF3O2S. The highest BCUT2D eigenvalue weighted by atomic mass is 79.9. The van der Waals surface area contributed by atoms with E-state index in [1.165, 1.54) is 0 Å². The van der Waals surface area contributed by atoms with Crippen LogP contribution in [-0.2, 0) is 16.0 Å². The van der Waals surface area contributed by atoms with E-state index < -0.39 is 32.2 Å². The van der Waals surface area contributed by atoms with Crippen molar-refractivity contribution in [2.75, 3.05) is 11.6 Å². The number of alkyl halides is 4. The molecule has 0 aliphatic heterocycles. The van der Waals surface area contributed by atoms with Crippen molar-refractivity contribution in [3.8, 4) is 0 Å². The Labute approximate surface area is 110 Å². The second kappa shape index (κ2) is 5.16. The number of sulfone groups is 1. The molecule has 1 rings (SSSR count). The zero-order valence-electron chi connectivity index (χ0n) is 8.26. The van der Waals surface area contributed by atoms with Crippen LogP contribution in [0, 0.1) is 0 Å². The smallest absolute Gasteiger partial charge is 0.224 e. The van der Waals surface area contributed by atoms with Crippen molar-refractivity contribution in [1.29, 1.82) is 0 Å². The van der Waals surface area contributed by atoms with Gasteiger partial charge in [0.2, 0.25) is 0 Å². The van der Waals surface area contributed by atoms with Crippen LogP contribution in [0.1, 0.15) is 5.56 Å². The predicted octanol–water partition coefficient (Wildman–Crippen LogP) is 3.48.